The summed E-state index contributed by atoms with van der Waals surface area (Å²) in [5, 5.41) is 3.12. The normalized spacial score (nSPS) is 10.9. The van der Waals surface area contributed by atoms with Gasteiger partial charge in [0.1, 0.15) is 12.4 Å². The van der Waals surface area contributed by atoms with Gasteiger partial charge in [-0.15, -0.1) is 0 Å². The Bertz CT molecular complexity index is 1040. The van der Waals surface area contributed by atoms with E-state index in [1.165, 1.54) is 22.8 Å². The number of aryl methyl sites for hydroxylation is 3. The van der Waals surface area contributed by atoms with Crippen LogP contribution in [-0.4, -0.2) is 10.5 Å². The molecule has 0 bridgehead atoms. The summed E-state index contributed by atoms with van der Waals surface area (Å²) in [6, 6.07) is 11.5. The molecule has 0 fully saturated rings. The van der Waals surface area contributed by atoms with Crippen molar-refractivity contribution in [2.24, 2.45) is 0 Å². The van der Waals surface area contributed by atoms with E-state index in [0.29, 0.717) is 5.69 Å². The zero-order valence-corrected chi connectivity index (χ0v) is 14.4. The summed E-state index contributed by atoms with van der Waals surface area (Å²) in [4.78, 5) is 24.6. The third-order valence-electron chi connectivity index (χ3n) is 4.25. The van der Waals surface area contributed by atoms with E-state index in [4.69, 9.17) is 0 Å². The first-order chi connectivity index (χ1) is 11.9. The van der Waals surface area contributed by atoms with Gasteiger partial charge in [0.15, 0.2) is 5.43 Å². The molecule has 1 heterocycles. The van der Waals surface area contributed by atoms with E-state index >= 15 is 0 Å². The molecule has 25 heavy (non-hydrogen) atoms. The van der Waals surface area contributed by atoms with Crippen molar-refractivity contribution in [2.45, 2.75) is 27.3 Å². The van der Waals surface area contributed by atoms with Crippen molar-refractivity contribution in [3.63, 3.8) is 0 Å². The van der Waals surface area contributed by atoms with Crippen molar-refractivity contribution in [1.82, 2.24) is 4.57 Å². The van der Waals surface area contributed by atoms with Crippen LogP contribution in [0.3, 0.4) is 0 Å². The van der Waals surface area contributed by atoms with Gasteiger partial charge in [-0.05, 0) is 44.5 Å². The third-order valence-corrected chi connectivity index (χ3v) is 4.25. The predicted octanol–water partition coefficient (Wildman–Crippen LogP) is 3.70. The monoisotopic (exact) mass is 338 g/mol. The maximum absolute atomic E-state index is 14.3. The number of carbonyl (C=O) groups is 1. The number of para-hydroxylation sites is 1. The van der Waals surface area contributed by atoms with Crippen molar-refractivity contribution in [1.29, 1.82) is 0 Å². The molecule has 3 aromatic rings. The second-order valence-corrected chi connectivity index (χ2v) is 6.24. The molecule has 0 unspecified atom stereocenters. The Morgan fingerprint density at radius 2 is 1.88 bits per heavy atom. The molecule has 1 amide bonds. The minimum atomic E-state index is -0.516. The first kappa shape index (κ1) is 16.9. The quantitative estimate of drug-likeness (QED) is 0.791. The summed E-state index contributed by atoms with van der Waals surface area (Å²) in [7, 11) is 0. The molecule has 0 spiro atoms. The van der Waals surface area contributed by atoms with Gasteiger partial charge in [0.25, 0.3) is 0 Å². The number of halogens is 1. The maximum atomic E-state index is 14.3. The molecule has 0 saturated carbocycles. The highest BCUT2D eigenvalue weighted by Crippen LogP contribution is 2.19. The van der Waals surface area contributed by atoms with E-state index in [2.05, 4.69) is 5.32 Å². The Morgan fingerprint density at radius 1 is 1.12 bits per heavy atom. The SMILES string of the molecule is Cc1ccc(NC(=O)Cn2c(C)cc(=O)c3cccc(F)c32)c(C)c1. The predicted molar refractivity (Wildman–Crippen MR) is 97.4 cm³/mol. The highest BCUT2D eigenvalue weighted by atomic mass is 19.1. The fourth-order valence-electron chi connectivity index (χ4n) is 3.00. The molecule has 2 aromatic carbocycles. The summed E-state index contributed by atoms with van der Waals surface area (Å²) in [5.74, 6) is -0.791. The summed E-state index contributed by atoms with van der Waals surface area (Å²) in [6.45, 7) is 5.52. The molecular weight excluding hydrogens is 319 g/mol. The number of hydrogen-bond acceptors (Lipinski definition) is 2. The molecule has 0 aliphatic carbocycles. The summed E-state index contributed by atoms with van der Waals surface area (Å²) in [5.41, 5.74) is 3.24. The van der Waals surface area contributed by atoms with Gasteiger partial charge >= 0.3 is 0 Å². The number of fused-ring (bicyclic) bond motifs is 1. The first-order valence-corrected chi connectivity index (χ1v) is 8.02. The zero-order valence-electron chi connectivity index (χ0n) is 14.4. The van der Waals surface area contributed by atoms with Crippen molar-refractivity contribution in [3.8, 4) is 0 Å². The van der Waals surface area contributed by atoms with E-state index in [1.807, 2.05) is 32.0 Å². The number of amides is 1. The minimum Gasteiger partial charge on any atom is -0.333 e. The van der Waals surface area contributed by atoms with E-state index in [-0.39, 0.29) is 28.8 Å². The van der Waals surface area contributed by atoms with Gasteiger partial charge in [-0.2, -0.15) is 0 Å². The largest absolute Gasteiger partial charge is 0.333 e. The standard InChI is InChI=1S/C20H19FN2O2/c1-12-7-8-17(13(2)9-12)22-19(25)11-23-14(3)10-18(24)15-5-4-6-16(21)20(15)23/h4-10H,11H2,1-3H3,(H,22,25). The summed E-state index contributed by atoms with van der Waals surface area (Å²) in [6.07, 6.45) is 0. The van der Waals surface area contributed by atoms with Crippen LogP contribution in [0, 0.1) is 26.6 Å². The number of aromatic nitrogens is 1. The third kappa shape index (κ3) is 3.31. The number of pyridine rings is 1. The highest BCUT2D eigenvalue weighted by Gasteiger charge is 2.14. The maximum Gasteiger partial charge on any atom is 0.244 e. The van der Waals surface area contributed by atoms with Crippen LogP contribution in [0.1, 0.15) is 16.8 Å². The summed E-state index contributed by atoms with van der Waals surface area (Å²) < 4.78 is 15.8. The van der Waals surface area contributed by atoms with Crippen LogP contribution < -0.4 is 10.7 Å². The molecule has 0 aliphatic heterocycles. The minimum absolute atomic E-state index is 0.0726. The van der Waals surface area contributed by atoms with E-state index < -0.39 is 5.82 Å². The van der Waals surface area contributed by atoms with Crippen LogP contribution in [-0.2, 0) is 11.3 Å². The molecule has 0 atom stereocenters. The van der Waals surface area contributed by atoms with Gasteiger partial charge < -0.3 is 9.88 Å². The van der Waals surface area contributed by atoms with E-state index in [1.54, 1.807) is 13.0 Å². The smallest absolute Gasteiger partial charge is 0.244 e. The number of nitrogens with zero attached hydrogens (tertiary/aromatic N) is 1. The van der Waals surface area contributed by atoms with Crippen LogP contribution >= 0.6 is 0 Å². The topological polar surface area (TPSA) is 51.1 Å². The number of nitrogens with one attached hydrogen (secondary N) is 1. The molecule has 128 valence electrons. The van der Waals surface area contributed by atoms with Gasteiger partial charge in [0, 0.05) is 22.8 Å². The lowest BCUT2D eigenvalue weighted by atomic mass is 10.1. The fourth-order valence-corrected chi connectivity index (χ4v) is 3.00. The van der Waals surface area contributed by atoms with Crippen molar-refractivity contribution < 1.29 is 9.18 Å². The van der Waals surface area contributed by atoms with E-state index in [9.17, 15) is 14.0 Å². The Hall–Kier alpha value is -2.95. The molecule has 0 saturated heterocycles. The van der Waals surface area contributed by atoms with Gasteiger partial charge in [0.05, 0.1) is 5.52 Å². The average Bonchev–Trinajstić information content (AvgIpc) is 2.54. The van der Waals surface area contributed by atoms with Gasteiger partial charge in [0.2, 0.25) is 5.91 Å². The van der Waals surface area contributed by atoms with Crippen molar-refractivity contribution >= 4 is 22.5 Å². The van der Waals surface area contributed by atoms with Crippen LogP contribution in [0.4, 0.5) is 10.1 Å². The van der Waals surface area contributed by atoms with Crippen LogP contribution in [0.25, 0.3) is 10.9 Å². The molecule has 5 heteroatoms. The Labute approximate surface area is 144 Å². The zero-order chi connectivity index (χ0) is 18.1. The molecule has 0 radical (unpaired) electrons. The molecule has 1 aromatic heterocycles. The lowest BCUT2D eigenvalue weighted by molar-refractivity contribution is -0.116. The number of carbonyl (C=O) groups excluding carboxylic acids is 1. The second kappa shape index (κ2) is 6.51. The molecule has 4 nitrogen and oxygen atoms in total. The Morgan fingerprint density at radius 3 is 2.60 bits per heavy atom. The van der Waals surface area contributed by atoms with Crippen molar-refractivity contribution in [3.05, 3.63) is 75.3 Å². The van der Waals surface area contributed by atoms with Gasteiger partial charge in [-0.3, -0.25) is 9.59 Å². The van der Waals surface area contributed by atoms with Crippen LogP contribution in [0.5, 0.6) is 0 Å². The second-order valence-electron chi connectivity index (χ2n) is 6.24. The Balaban J connectivity index is 1.98. The van der Waals surface area contributed by atoms with Gasteiger partial charge in [-0.25, -0.2) is 4.39 Å². The van der Waals surface area contributed by atoms with Crippen LogP contribution in [0.2, 0.25) is 0 Å². The Kier molecular flexibility index (Phi) is 4.40. The fraction of sp³-hybridized carbons (Fsp3) is 0.200. The lowest BCUT2D eigenvalue weighted by Crippen LogP contribution is -2.23. The highest BCUT2D eigenvalue weighted by molar-refractivity contribution is 5.92. The summed E-state index contributed by atoms with van der Waals surface area (Å²) >= 11 is 0. The van der Waals surface area contributed by atoms with Gasteiger partial charge in [-0.1, -0.05) is 23.8 Å². The molecule has 1 N–H and O–H groups in total. The lowest BCUT2D eigenvalue weighted by Gasteiger charge is -2.16. The average molecular weight is 338 g/mol. The molecule has 0 aliphatic rings. The van der Waals surface area contributed by atoms with E-state index in [0.717, 1.165) is 16.8 Å². The van der Waals surface area contributed by atoms with Crippen LogP contribution in [0.15, 0.2) is 47.3 Å². The molecule has 3 rings (SSSR count). The number of rotatable bonds is 3. The molecular formula is C20H19FN2O2. The van der Waals surface area contributed by atoms with Crippen molar-refractivity contribution in [2.75, 3.05) is 5.32 Å². The number of benzene rings is 2. The first-order valence-electron chi connectivity index (χ1n) is 8.02. The number of anilines is 1. The number of hydrogen-bond donors (Lipinski definition) is 1.